The van der Waals surface area contributed by atoms with E-state index in [2.05, 4.69) is 6.08 Å². The first-order chi connectivity index (χ1) is 6.65. The Morgan fingerprint density at radius 2 is 2.14 bits per heavy atom. The van der Waals surface area contributed by atoms with Gasteiger partial charge in [0.15, 0.2) is 0 Å². The monoisotopic (exact) mass is 192 g/mol. The van der Waals surface area contributed by atoms with Gasteiger partial charge in [0.2, 0.25) is 0 Å². The number of halogens is 1. The fourth-order valence-electron chi connectivity index (χ4n) is 1.50. The summed E-state index contributed by atoms with van der Waals surface area (Å²) in [6, 6.07) is 5.45. The van der Waals surface area contributed by atoms with Crippen LogP contribution in [0.1, 0.15) is 37.3 Å². The minimum absolute atomic E-state index is 0.0815. The highest BCUT2D eigenvalue weighted by Crippen LogP contribution is 2.23. The Labute approximate surface area is 85.5 Å². The quantitative estimate of drug-likeness (QED) is 0.629. The third-order valence-electron chi connectivity index (χ3n) is 2.41. The number of benzene rings is 1. The maximum Gasteiger partial charge on any atom is 0.126 e. The average molecular weight is 192 g/mol. The molecule has 1 unspecified atom stereocenters. The molecule has 0 spiro atoms. The molecule has 0 N–H and O–H groups in total. The Balaban J connectivity index is 2.84. The van der Waals surface area contributed by atoms with Crippen molar-refractivity contribution >= 4 is 0 Å². The van der Waals surface area contributed by atoms with Crippen LogP contribution in [0.15, 0.2) is 30.4 Å². The predicted octanol–water partition coefficient (Wildman–Crippen LogP) is 4.20. The zero-order valence-corrected chi connectivity index (χ0v) is 9.05. The number of aryl methyl sites for hydroxylation is 1. The van der Waals surface area contributed by atoms with Crippen molar-refractivity contribution in [2.75, 3.05) is 0 Å². The lowest BCUT2D eigenvalue weighted by molar-refractivity contribution is 0.589. The molecule has 1 heteroatoms. The zero-order chi connectivity index (χ0) is 10.6. The molecular formula is C13H17F. The van der Waals surface area contributed by atoms with E-state index < -0.39 is 0 Å². The topological polar surface area (TPSA) is 0 Å². The molecule has 1 rings (SSSR count). The minimum atomic E-state index is -0.0815. The molecule has 0 nitrogen and oxygen atoms in total. The number of hydrogen-bond acceptors (Lipinski definition) is 0. The normalized spacial score (nSPS) is 13.4. The Morgan fingerprint density at radius 3 is 2.71 bits per heavy atom. The van der Waals surface area contributed by atoms with Gasteiger partial charge in [-0.2, -0.15) is 0 Å². The smallest absolute Gasteiger partial charge is 0.126 e. The van der Waals surface area contributed by atoms with E-state index in [0.717, 1.165) is 17.5 Å². The van der Waals surface area contributed by atoms with Crippen LogP contribution in [0.25, 0.3) is 0 Å². The Morgan fingerprint density at radius 1 is 1.43 bits per heavy atom. The summed E-state index contributed by atoms with van der Waals surface area (Å²) < 4.78 is 13.5. The summed E-state index contributed by atoms with van der Waals surface area (Å²) >= 11 is 0. The lowest BCUT2D eigenvalue weighted by atomic mass is 9.96. The van der Waals surface area contributed by atoms with Gasteiger partial charge >= 0.3 is 0 Å². The molecule has 0 aliphatic rings. The number of allylic oxidation sites excluding steroid dienone is 2. The van der Waals surface area contributed by atoms with Gasteiger partial charge in [-0.15, -0.1) is 0 Å². The summed E-state index contributed by atoms with van der Waals surface area (Å²) in [5.41, 5.74) is 1.79. The summed E-state index contributed by atoms with van der Waals surface area (Å²) in [7, 11) is 0. The van der Waals surface area contributed by atoms with E-state index >= 15 is 0 Å². The van der Waals surface area contributed by atoms with E-state index in [1.165, 1.54) is 0 Å². The van der Waals surface area contributed by atoms with Gasteiger partial charge in [0.1, 0.15) is 5.82 Å². The van der Waals surface area contributed by atoms with Gasteiger partial charge in [-0.25, -0.2) is 4.39 Å². The van der Waals surface area contributed by atoms with Gasteiger partial charge in [0.05, 0.1) is 0 Å². The van der Waals surface area contributed by atoms with E-state index in [4.69, 9.17) is 0 Å². The first kappa shape index (κ1) is 11.0. The third kappa shape index (κ3) is 2.69. The van der Waals surface area contributed by atoms with Crippen molar-refractivity contribution in [2.45, 2.75) is 33.1 Å². The molecule has 0 aliphatic heterocycles. The van der Waals surface area contributed by atoms with Gasteiger partial charge in [-0.05, 0) is 43.4 Å². The molecule has 14 heavy (non-hydrogen) atoms. The van der Waals surface area contributed by atoms with Crippen LogP contribution in [-0.4, -0.2) is 0 Å². The first-order valence-electron chi connectivity index (χ1n) is 5.02. The molecule has 1 atom stereocenters. The van der Waals surface area contributed by atoms with Gasteiger partial charge in [0, 0.05) is 0 Å². The second-order valence-corrected chi connectivity index (χ2v) is 3.73. The Bertz CT molecular complexity index is 326. The van der Waals surface area contributed by atoms with Crippen LogP contribution in [0.5, 0.6) is 0 Å². The molecule has 0 fully saturated rings. The highest BCUT2D eigenvalue weighted by atomic mass is 19.1. The fourth-order valence-corrected chi connectivity index (χ4v) is 1.50. The van der Waals surface area contributed by atoms with Crippen molar-refractivity contribution < 1.29 is 4.39 Å². The lowest BCUT2D eigenvalue weighted by Crippen LogP contribution is -1.96. The molecular weight excluding hydrogens is 175 g/mol. The molecule has 1 aromatic rings. The predicted molar refractivity (Wildman–Crippen MR) is 59.0 cm³/mol. The minimum Gasteiger partial charge on any atom is -0.207 e. The third-order valence-corrected chi connectivity index (χ3v) is 2.41. The summed E-state index contributed by atoms with van der Waals surface area (Å²) in [6.07, 6.45) is 4.98. The van der Waals surface area contributed by atoms with Crippen LogP contribution < -0.4 is 0 Å². The molecule has 0 bridgehead atoms. The molecule has 0 aromatic heterocycles. The van der Waals surface area contributed by atoms with Crippen LogP contribution in [-0.2, 0) is 0 Å². The summed E-state index contributed by atoms with van der Waals surface area (Å²) in [5.74, 6) is 0.175. The molecule has 0 heterocycles. The number of rotatable bonds is 3. The molecule has 1 aromatic carbocycles. The Kier molecular flexibility index (Phi) is 3.87. The van der Waals surface area contributed by atoms with Crippen LogP contribution in [0.2, 0.25) is 0 Å². The molecule has 0 amide bonds. The van der Waals surface area contributed by atoms with E-state index in [0.29, 0.717) is 0 Å². The zero-order valence-electron chi connectivity index (χ0n) is 9.05. The highest BCUT2D eigenvalue weighted by Gasteiger charge is 2.08. The van der Waals surface area contributed by atoms with E-state index in [1.807, 2.05) is 39.0 Å². The molecule has 0 aliphatic carbocycles. The fraction of sp³-hybridized carbons (Fsp3) is 0.385. The summed E-state index contributed by atoms with van der Waals surface area (Å²) in [5, 5.41) is 0. The molecule has 76 valence electrons. The van der Waals surface area contributed by atoms with Crippen LogP contribution in [0, 0.1) is 12.7 Å². The average Bonchev–Trinajstić information content (AvgIpc) is 2.14. The van der Waals surface area contributed by atoms with Crippen molar-refractivity contribution in [3.05, 3.63) is 47.3 Å². The van der Waals surface area contributed by atoms with Crippen molar-refractivity contribution in [3.8, 4) is 0 Å². The molecule has 0 radical (unpaired) electrons. The van der Waals surface area contributed by atoms with Crippen molar-refractivity contribution in [3.63, 3.8) is 0 Å². The van der Waals surface area contributed by atoms with E-state index in [9.17, 15) is 4.39 Å². The molecule has 0 saturated heterocycles. The van der Waals surface area contributed by atoms with E-state index in [-0.39, 0.29) is 11.7 Å². The van der Waals surface area contributed by atoms with E-state index in [1.54, 1.807) is 6.07 Å². The van der Waals surface area contributed by atoms with Gasteiger partial charge in [0.25, 0.3) is 0 Å². The summed E-state index contributed by atoms with van der Waals surface area (Å²) in [6.45, 7) is 5.94. The standard InChI is InChI=1S/C13H17F/c1-4-5-6-11(3)12-8-7-10(2)9-13(12)14/h4-5,7-9,11H,6H2,1-3H3/b5-4-. The maximum atomic E-state index is 13.5. The van der Waals surface area contributed by atoms with Crippen LogP contribution in [0.4, 0.5) is 4.39 Å². The van der Waals surface area contributed by atoms with Crippen molar-refractivity contribution in [1.82, 2.24) is 0 Å². The maximum absolute atomic E-state index is 13.5. The summed E-state index contributed by atoms with van der Waals surface area (Å²) in [4.78, 5) is 0. The first-order valence-corrected chi connectivity index (χ1v) is 5.02. The number of hydrogen-bond donors (Lipinski definition) is 0. The Hall–Kier alpha value is -1.11. The van der Waals surface area contributed by atoms with Gasteiger partial charge in [-0.1, -0.05) is 31.2 Å². The SMILES string of the molecule is C/C=C\CC(C)c1ccc(C)cc1F. The van der Waals surface area contributed by atoms with Gasteiger partial charge < -0.3 is 0 Å². The molecule has 0 saturated carbocycles. The second kappa shape index (κ2) is 4.94. The largest absolute Gasteiger partial charge is 0.207 e. The van der Waals surface area contributed by atoms with Crippen LogP contribution >= 0.6 is 0 Å². The lowest BCUT2D eigenvalue weighted by Gasteiger charge is -2.10. The van der Waals surface area contributed by atoms with Crippen molar-refractivity contribution in [2.24, 2.45) is 0 Å². The highest BCUT2D eigenvalue weighted by molar-refractivity contribution is 5.26. The van der Waals surface area contributed by atoms with Gasteiger partial charge in [-0.3, -0.25) is 0 Å². The van der Waals surface area contributed by atoms with Crippen molar-refractivity contribution in [1.29, 1.82) is 0 Å². The second-order valence-electron chi connectivity index (χ2n) is 3.73. The van der Waals surface area contributed by atoms with Crippen LogP contribution in [0.3, 0.4) is 0 Å².